The second kappa shape index (κ2) is 9.99. The van der Waals surface area contributed by atoms with E-state index in [2.05, 4.69) is 20.9 Å². The number of fused-ring (bicyclic) bond motifs is 2. The lowest BCUT2D eigenvalue weighted by molar-refractivity contribution is -0.129. The lowest BCUT2D eigenvalue weighted by Crippen LogP contribution is -2.48. The quantitative estimate of drug-likeness (QED) is 0.240. The smallest absolute Gasteiger partial charge is 0.292 e. The highest BCUT2D eigenvalue weighted by molar-refractivity contribution is 6.45. The molecule has 8 nitrogen and oxygen atoms in total. The van der Waals surface area contributed by atoms with E-state index in [1.165, 1.54) is 6.20 Å². The molecule has 0 saturated carbocycles. The van der Waals surface area contributed by atoms with Gasteiger partial charge >= 0.3 is 0 Å². The Morgan fingerprint density at radius 1 is 0.853 bits per heavy atom. The largest absolute Gasteiger partial charge is 0.360 e. The Morgan fingerprint density at radius 2 is 1.56 bits per heavy atom. The van der Waals surface area contributed by atoms with Crippen molar-refractivity contribution in [3.05, 3.63) is 84.1 Å². The summed E-state index contributed by atoms with van der Waals surface area (Å²) in [5, 5.41) is 10.4. The maximum atomic E-state index is 12.4. The van der Waals surface area contributed by atoms with Crippen molar-refractivity contribution in [1.82, 2.24) is 20.9 Å². The van der Waals surface area contributed by atoms with Crippen molar-refractivity contribution < 1.29 is 19.2 Å². The number of carbonyl (C=O) groups excluding carboxylic acids is 4. The maximum Gasteiger partial charge on any atom is 0.292 e. The van der Waals surface area contributed by atoms with E-state index in [-0.39, 0.29) is 11.5 Å². The third-order valence-corrected chi connectivity index (χ3v) is 5.55. The molecule has 4 aromatic rings. The van der Waals surface area contributed by atoms with Gasteiger partial charge in [0.1, 0.15) is 6.04 Å². The minimum absolute atomic E-state index is 0.231. The molecule has 0 bridgehead atoms. The first-order valence-corrected chi connectivity index (χ1v) is 10.9. The molecule has 0 spiro atoms. The Labute approximate surface area is 195 Å². The number of aromatic amines is 1. The molecule has 0 fully saturated rings. The van der Waals surface area contributed by atoms with Gasteiger partial charge in [0.25, 0.3) is 11.7 Å². The molecule has 1 atom stereocenters. The number of Topliss-reactive ketones (excluding diaryl/α,β-unsaturated/α-hetero) is 1. The number of H-pyrrole nitrogens is 1. The van der Waals surface area contributed by atoms with Crippen LogP contribution in [0.2, 0.25) is 0 Å². The molecule has 0 aliphatic carbocycles. The van der Waals surface area contributed by atoms with E-state index in [1.807, 2.05) is 48.5 Å². The highest BCUT2D eigenvalue weighted by Gasteiger charge is 2.21. The standard InChI is InChI=1S/C26H24N4O4/c1-16(25(33)28-13-18-9-6-8-17-7-2-3-10-19(17)18)30-23(31)15-29-26(34)24(32)21-14-27-22-12-5-4-11-20(21)22/h2-12,14,16,27H,13,15H2,1H3,(H,28,33)(H,29,34)(H,30,31). The van der Waals surface area contributed by atoms with E-state index in [9.17, 15) is 19.2 Å². The average molecular weight is 457 g/mol. The minimum Gasteiger partial charge on any atom is -0.360 e. The highest BCUT2D eigenvalue weighted by Crippen LogP contribution is 2.19. The highest BCUT2D eigenvalue weighted by atomic mass is 16.2. The second-order valence-corrected chi connectivity index (χ2v) is 7.91. The van der Waals surface area contributed by atoms with Gasteiger partial charge in [-0.15, -0.1) is 0 Å². The van der Waals surface area contributed by atoms with Crippen LogP contribution >= 0.6 is 0 Å². The van der Waals surface area contributed by atoms with Crippen LogP contribution in [0.5, 0.6) is 0 Å². The van der Waals surface area contributed by atoms with Gasteiger partial charge in [0.15, 0.2) is 0 Å². The number of benzene rings is 3. The van der Waals surface area contributed by atoms with Crippen LogP contribution in [-0.2, 0) is 20.9 Å². The molecule has 172 valence electrons. The van der Waals surface area contributed by atoms with Crippen molar-refractivity contribution in [2.45, 2.75) is 19.5 Å². The van der Waals surface area contributed by atoms with Gasteiger partial charge in [-0.25, -0.2) is 0 Å². The molecular formula is C26H24N4O4. The molecule has 0 aliphatic heterocycles. The van der Waals surface area contributed by atoms with Crippen LogP contribution < -0.4 is 16.0 Å². The summed E-state index contributed by atoms with van der Waals surface area (Å²) in [6.07, 6.45) is 1.47. The lowest BCUT2D eigenvalue weighted by Gasteiger charge is -2.15. The normalized spacial score (nSPS) is 11.7. The SMILES string of the molecule is CC(NC(=O)CNC(=O)C(=O)c1c[nH]c2ccccc12)C(=O)NCc1cccc2ccccc12. The van der Waals surface area contributed by atoms with Gasteiger partial charge in [-0.1, -0.05) is 60.7 Å². The van der Waals surface area contributed by atoms with Crippen LogP contribution in [0.3, 0.4) is 0 Å². The van der Waals surface area contributed by atoms with Gasteiger partial charge in [-0.05, 0) is 29.3 Å². The lowest BCUT2D eigenvalue weighted by atomic mass is 10.0. The van der Waals surface area contributed by atoms with Gasteiger partial charge < -0.3 is 20.9 Å². The van der Waals surface area contributed by atoms with Crippen LogP contribution in [0.25, 0.3) is 21.7 Å². The summed E-state index contributed by atoms with van der Waals surface area (Å²) in [6.45, 7) is 1.44. The number of carbonyl (C=O) groups is 4. The summed E-state index contributed by atoms with van der Waals surface area (Å²) in [5.74, 6) is -2.57. The number of para-hydroxylation sites is 1. The van der Waals surface area contributed by atoms with Crippen LogP contribution in [0.15, 0.2) is 72.9 Å². The molecule has 34 heavy (non-hydrogen) atoms. The number of amides is 3. The van der Waals surface area contributed by atoms with Crippen LogP contribution in [0, 0.1) is 0 Å². The molecule has 3 amide bonds. The monoisotopic (exact) mass is 456 g/mol. The van der Waals surface area contributed by atoms with Crippen LogP contribution in [0.1, 0.15) is 22.8 Å². The maximum absolute atomic E-state index is 12.4. The molecular weight excluding hydrogens is 432 g/mol. The van der Waals surface area contributed by atoms with Gasteiger partial charge in [0.2, 0.25) is 11.8 Å². The van der Waals surface area contributed by atoms with E-state index in [1.54, 1.807) is 25.1 Å². The first-order chi connectivity index (χ1) is 16.4. The van der Waals surface area contributed by atoms with Crippen molar-refractivity contribution >= 4 is 45.2 Å². The fraction of sp³-hybridized carbons (Fsp3) is 0.154. The minimum atomic E-state index is -0.895. The third-order valence-electron chi connectivity index (χ3n) is 5.55. The summed E-state index contributed by atoms with van der Waals surface area (Å²) in [7, 11) is 0. The number of hydrogen-bond donors (Lipinski definition) is 4. The van der Waals surface area contributed by atoms with E-state index < -0.39 is 30.2 Å². The zero-order valence-electron chi connectivity index (χ0n) is 18.6. The van der Waals surface area contributed by atoms with Gasteiger partial charge in [-0.2, -0.15) is 0 Å². The average Bonchev–Trinajstić information content (AvgIpc) is 3.29. The predicted octanol–water partition coefficient (Wildman–Crippen LogP) is 2.44. The zero-order valence-corrected chi connectivity index (χ0v) is 18.6. The summed E-state index contributed by atoms with van der Waals surface area (Å²) >= 11 is 0. The molecule has 4 N–H and O–H groups in total. The number of ketones is 1. The zero-order chi connectivity index (χ0) is 24.1. The van der Waals surface area contributed by atoms with Crippen molar-refractivity contribution in [3.63, 3.8) is 0 Å². The molecule has 1 aromatic heterocycles. The number of nitrogens with one attached hydrogen (secondary N) is 4. The Hall–Kier alpha value is -4.46. The summed E-state index contributed by atoms with van der Waals surface area (Å²) < 4.78 is 0. The van der Waals surface area contributed by atoms with Crippen molar-refractivity contribution in [2.75, 3.05) is 6.54 Å². The fourth-order valence-electron chi connectivity index (χ4n) is 3.76. The van der Waals surface area contributed by atoms with E-state index in [0.717, 1.165) is 21.9 Å². The Morgan fingerprint density at radius 3 is 2.38 bits per heavy atom. The Kier molecular flexibility index (Phi) is 6.68. The van der Waals surface area contributed by atoms with Crippen LogP contribution in [-0.4, -0.2) is 41.1 Å². The van der Waals surface area contributed by atoms with Crippen molar-refractivity contribution in [3.8, 4) is 0 Å². The fourth-order valence-corrected chi connectivity index (χ4v) is 3.76. The van der Waals surface area contributed by atoms with Crippen molar-refractivity contribution in [1.29, 1.82) is 0 Å². The summed E-state index contributed by atoms with van der Waals surface area (Å²) in [5.41, 5.74) is 1.93. The molecule has 0 saturated heterocycles. The molecule has 4 rings (SSSR count). The number of aromatic nitrogens is 1. The number of hydrogen-bond acceptors (Lipinski definition) is 4. The van der Waals surface area contributed by atoms with E-state index >= 15 is 0 Å². The van der Waals surface area contributed by atoms with E-state index in [0.29, 0.717) is 11.9 Å². The number of rotatable bonds is 8. The Bertz CT molecular complexity index is 1390. The molecule has 1 unspecified atom stereocenters. The van der Waals surface area contributed by atoms with Crippen LogP contribution in [0.4, 0.5) is 0 Å². The van der Waals surface area contributed by atoms with Crippen molar-refractivity contribution in [2.24, 2.45) is 0 Å². The second-order valence-electron chi connectivity index (χ2n) is 7.91. The molecule has 0 radical (unpaired) electrons. The summed E-state index contributed by atoms with van der Waals surface area (Å²) in [6, 6.07) is 20.0. The van der Waals surface area contributed by atoms with Gasteiger partial charge in [-0.3, -0.25) is 19.2 Å². The van der Waals surface area contributed by atoms with Gasteiger partial charge in [0, 0.05) is 23.6 Å². The summed E-state index contributed by atoms with van der Waals surface area (Å²) in [4.78, 5) is 52.3. The first kappa shape index (κ1) is 22.7. The van der Waals surface area contributed by atoms with Gasteiger partial charge in [0.05, 0.1) is 12.1 Å². The third kappa shape index (κ3) is 4.96. The molecule has 8 heteroatoms. The molecule has 3 aromatic carbocycles. The first-order valence-electron chi connectivity index (χ1n) is 10.9. The van der Waals surface area contributed by atoms with E-state index in [4.69, 9.17) is 0 Å². The topological polar surface area (TPSA) is 120 Å². The predicted molar refractivity (Wildman–Crippen MR) is 129 cm³/mol. The molecule has 0 aliphatic rings. The molecule has 1 heterocycles. The Balaban J connectivity index is 1.26.